The van der Waals surface area contributed by atoms with Crippen molar-refractivity contribution in [1.82, 2.24) is 5.43 Å². The van der Waals surface area contributed by atoms with Crippen molar-refractivity contribution in [2.24, 2.45) is 61.1 Å². The fourth-order valence-corrected chi connectivity index (χ4v) is 11.0. The molecule has 5 aliphatic rings. The van der Waals surface area contributed by atoms with Crippen LogP contribution in [0.1, 0.15) is 126 Å². The lowest BCUT2D eigenvalue weighted by Gasteiger charge is -2.70. The highest BCUT2D eigenvalue weighted by molar-refractivity contribution is 5.97. The number of carbonyl (C=O) groups excluding carboxylic acids is 3. The Bertz CT molecular complexity index is 1220. The van der Waals surface area contributed by atoms with Crippen LogP contribution in [0.3, 0.4) is 0 Å². The third kappa shape index (κ3) is 4.41. The minimum Gasteiger partial charge on any atom is -0.465 e. The SMILES string of the molecule is CCCCOC(=O)[C@@]1(C)CC[C@]2(C)CC[C@]3(C)C(=CC(=O)C4[C@@]5(C)CC/C(=N\NC(N)=O)C(C)(C)C5CC[C@]43C)[C@@H]2C1. The standard InChI is InChI=1S/C35H55N3O4/c1-9-10-19-42-28(40)32(5)16-15-31(4)17-18-34(7)22(23(31)21-32)20-24(39)27-33(6)13-12-26(37-38-29(36)41)30(2,3)25(33)11-14-35(27,34)8/h20,23,25,27H,9-19,21H2,1-8H3,(H3,36,38,41)/b37-26+/t23-,25?,27?,31+,32-,33-,34+,35+/m0/s1. The number of amides is 2. The minimum atomic E-state index is -0.645. The Kier molecular flexibility index (Phi) is 7.58. The molecule has 7 heteroatoms. The van der Waals surface area contributed by atoms with E-state index in [0.29, 0.717) is 6.61 Å². The molecule has 4 saturated carbocycles. The van der Waals surface area contributed by atoms with Crippen molar-refractivity contribution in [3.63, 3.8) is 0 Å². The summed E-state index contributed by atoms with van der Waals surface area (Å²) in [5, 5.41) is 4.44. The molecule has 0 heterocycles. The molecule has 0 bridgehead atoms. The van der Waals surface area contributed by atoms with Crippen LogP contribution in [0.2, 0.25) is 0 Å². The molecule has 0 aromatic heterocycles. The third-order valence-electron chi connectivity index (χ3n) is 13.9. The molecule has 0 spiro atoms. The van der Waals surface area contributed by atoms with E-state index in [9.17, 15) is 14.4 Å². The Morgan fingerprint density at radius 2 is 1.71 bits per heavy atom. The van der Waals surface area contributed by atoms with Gasteiger partial charge in [0.25, 0.3) is 0 Å². The molecule has 7 nitrogen and oxygen atoms in total. The Balaban J connectivity index is 1.51. The van der Waals surface area contributed by atoms with Crippen molar-refractivity contribution >= 4 is 23.5 Å². The molecule has 5 aliphatic carbocycles. The molecule has 234 valence electrons. The van der Waals surface area contributed by atoms with Gasteiger partial charge in [0.05, 0.1) is 12.0 Å². The van der Waals surface area contributed by atoms with Crippen LogP contribution in [0.15, 0.2) is 16.8 Å². The summed E-state index contributed by atoms with van der Waals surface area (Å²) < 4.78 is 5.79. The van der Waals surface area contributed by atoms with E-state index in [1.165, 1.54) is 5.57 Å². The van der Waals surface area contributed by atoms with Crippen molar-refractivity contribution in [1.29, 1.82) is 0 Å². The number of esters is 1. The maximum absolute atomic E-state index is 14.6. The second-order valence-electron chi connectivity index (χ2n) is 16.5. The summed E-state index contributed by atoms with van der Waals surface area (Å²) in [7, 11) is 0. The Labute approximate surface area is 253 Å². The number of nitrogens with zero attached hydrogens (tertiary/aromatic N) is 1. The van der Waals surface area contributed by atoms with Gasteiger partial charge in [0.15, 0.2) is 5.78 Å². The number of ether oxygens (including phenoxy) is 1. The summed E-state index contributed by atoms with van der Waals surface area (Å²) in [5.74, 6) is 0.643. The van der Waals surface area contributed by atoms with Crippen LogP contribution in [0.4, 0.5) is 4.79 Å². The van der Waals surface area contributed by atoms with Crippen molar-refractivity contribution in [2.75, 3.05) is 6.61 Å². The third-order valence-corrected chi connectivity index (χ3v) is 13.9. The lowest BCUT2D eigenvalue weighted by molar-refractivity contribution is -0.177. The molecule has 0 aromatic carbocycles. The van der Waals surface area contributed by atoms with Crippen LogP contribution >= 0.6 is 0 Å². The first kappa shape index (κ1) is 31.3. The zero-order chi connectivity index (χ0) is 30.9. The van der Waals surface area contributed by atoms with Gasteiger partial charge in [-0.3, -0.25) is 9.59 Å². The van der Waals surface area contributed by atoms with Gasteiger partial charge in [-0.05, 0) is 111 Å². The smallest absolute Gasteiger partial charge is 0.332 e. The van der Waals surface area contributed by atoms with Gasteiger partial charge in [-0.15, -0.1) is 0 Å². The van der Waals surface area contributed by atoms with Gasteiger partial charge in [0, 0.05) is 17.0 Å². The lowest BCUT2D eigenvalue weighted by Crippen LogP contribution is -2.66. The molecule has 5 rings (SSSR count). The van der Waals surface area contributed by atoms with Gasteiger partial charge in [-0.1, -0.05) is 60.5 Å². The van der Waals surface area contributed by atoms with Crippen LogP contribution in [-0.4, -0.2) is 30.1 Å². The van der Waals surface area contributed by atoms with Gasteiger partial charge < -0.3 is 10.5 Å². The Hall–Kier alpha value is -2.18. The Morgan fingerprint density at radius 3 is 2.38 bits per heavy atom. The number of fused-ring (bicyclic) bond motifs is 7. The van der Waals surface area contributed by atoms with Gasteiger partial charge in [0.1, 0.15) is 0 Å². The quantitative estimate of drug-likeness (QED) is 0.201. The molecule has 0 aliphatic heterocycles. The number of hydrogen-bond donors (Lipinski definition) is 2. The monoisotopic (exact) mass is 581 g/mol. The number of allylic oxidation sites excluding steroid dienone is 2. The molecule has 0 saturated heterocycles. The summed E-state index contributed by atoms with van der Waals surface area (Å²) in [6.45, 7) is 18.8. The van der Waals surface area contributed by atoms with Crippen molar-refractivity contribution in [2.45, 2.75) is 126 Å². The molecule has 4 fully saturated rings. The predicted molar refractivity (Wildman–Crippen MR) is 165 cm³/mol. The number of nitrogens with two attached hydrogens (primary N) is 1. The van der Waals surface area contributed by atoms with Crippen molar-refractivity contribution in [3.8, 4) is 0 Å². The number of primary amides is 1. The number of rotatable bonds is 5. The van der Waals surface area contributed by atoms with Gasteiger partial charge in [0.2, 0.25) is 0 Å². The number of nitrogens with one attached hydrogen (secondary N) is 1. The van der Waals surface area contributed by atoms with E-state index in [1.807, 2.05) is 0 Å². The van der Waals surface area contributed by atoms with E-state index in [0.717, 1.165) is 76.3 Å². The molecular formula is C35H55N3O4. The van der Waals surface area contributed by atoms with Crippen LogP contribution < -0.4 is 11.2 Å². The minimum absolute atomic E-state index is 0.0575. The summed E-state index contributed by atoms with van der Waals surface area (Å²) >= 11 is 0. The number of carbonyl (C=O) groups is 3. The average Bonchev–Trinajstić information content (AvgIpc) is 2.90. The average molecular weight is 582 g/mol. The largest absolute Gasteiger partial charge is 0.465 e. The topological polar surface area (TPSA) is 111 Å². The zero-order valence-electron chi connectivity index (χ0n) is 27.5. The molecule has 2 unspecified atom stereocenters. The highest BCUT2D eigenvalue weighted by Gasteiger charge is 2.70. The van der Waals surface area contributed by atoms with E-state index in [-0.39, 0.29) is 56.6 Å². The van der Waals surface area contributed by atoms with E-state index in [4.69, 9.17) is 10.5 Å². The highest BCUT2D eigenvalue weighted by Crippen LogP contribution is 2.75. The summed E-state index contributed by atoms with van der Waals surface area (Å²) in [5.41, 5.74) is 9.01. The normalized spacial score (nSPS) is 45.0. The number of hydrogen-bond acceptors (Lipinski definition) is 5. The first-order chi connectivity index (χ1) is 19.5. The highest BCUT2D eigenvalue weighted by atomic mass is 16.5. The zero-order valence-corrected chi connectivity index (χ0v) is 27.5. The molecule has 0 aromatic rings. The first-order valence-electron chi connectivity index (χ1n) is 16.5. The van der Waals surface area contributed by atoms with Gasteiger partial charge in [-0.2, -0.15) is 5.10 Å². The number of urea groups is 1. The van der Waals surface area contributed by atoms with E-state index >= 15 is 0 Å². The molecule has 2 amide bonds. The van der Waals surface area contributed by atoms with Crippen LogP contribution in [-0.2, 0) is 14.3 Å². The molecule has 42 heavy (non-hydrogen) atoms. The van der Waals surface area contributed by atoms with Crippen molar-refractivity contribution < 1.29 is 19.1 Å². The van der Waals surface area contributed by atoms with Crippen LogP contribution in [0, 0.1) is 50.2 Å². The van der Waals surface area contributed by atoms with Crippen molar-refractivity contribution in [3.05, 3.63) is 11.6 Å². The number of ketones is 1. The maximum atomic E-state index is 14.6. The second kappa shape index (κ2) is 10.2. The summed E-state index contributed by atoms with van der Waals surface area (Å²) in [6, 6.07) is -0.645. The molecular weight excluding hydrogens is 526 g/mol. The van der Waals surface area contributed by atoms with Crippen LogP contribution in [0.5, 0.6) is 0 Å². The molecule has 3 N–H and O–H groups in total. The predicted octanol–water partition coefficient (Wildman–Crippen LogP) is 7.33. The summed E-state index contributed by atoms with van der Waals surface area (Å²) in [6.07, 6.45) is 12.4. The Morgan fingerprint density at radius 1 is 1.02 bits per heavy atom. The second-order valence-corrected chi connectivity index (χ2v) is 16.5. The van der Waals surface area contributed by atoms with Gasteiger partial charge in [-0.25, -0.2) is 10.2 Å². The summed E-state index contributed by atoms with van der Waals surface area (Å²) in [4.78, 5) is 39.4. The number of unbranched alkanes of at least 4 members (excludes halogenated alkanes) is 1. The maximum Gasteiger partial charge on any atom is 0.332 e. The van der Waals surface area contributed by atoms with Crippen LogP contribution in [0.25, 0.3) is 0 Å². The van der Waals surface area contributed by atoms with E-state index < -0.39 is 11.4 Å². The lowest BCUT2D eigenvalue weighted by atomic mass is 9.33. The first-order valence-corrected chi connectivity index (χ1v) is 16.5. The fraction of sp³-hybridized carbons (Fsp3) is 0.829. The molecule has 0 radical (unpaired) electrons. The fourth-order valence-electron chi connectivity index (χ4n) is 11.0. The molecule has 8 atom stereocenters. The van der Waals surface area contributed by atoms with Gasteiger partial charge >= 0.3 is 12.0 Å². The van der Waals surface area contributed by atoms with E-state index in [1.54, 1.807) is 0 Å². The number of hydrazone groups is 1. The van der Waals surface area contributed by atoms with E-state index in [2.05, 4.69) is 72.0 Å².